The van der Waals surface area contributed by atoms with Crippen molar-refractivity contribution in [3.05, 3.63) is 33.8 Å². The van der Waals surface area contributed by atoms with Crippen molar-refractivity contribution in [2.45, 2.75) is 25.8 Å². The van der Waals surface area contributed by atoms with Gasteiger partial charge in [0.2, 0.25) is 0 Å². The van der Waals surface area contributed by atoms with E-state index in [9.17, 15) is 0 Å². The van der Waals surface area contributed by atoms with Crippen molar-refractivity contribution in [3.63, 3.8) is 0 Å². The Bertz CT molecular complexity index is 264. The molecule has 0 fully saturated rings. The molecule has 1 aromatic carbocycles. The highest BCUT2D eigenvalue weighted by Crippen LogP contribution is 2.25. The van der Waals surface area contributed by atoms with E-state index in [0.29, 0.717) is 0 Å². The average Bonchev–Trinajstić information content (AvgIpc) is 2.03. The van der Waals surface area contributed by atoms with Gasteiger partial charge in [-0.15, -0.1) is 0 Å². The number of rotatable bonds is 3. The molecule has 0 radical (unpaired) electrons. The van der Waals surface area contributed by atoms with Crippen LogP contribution < -0.4 is 5.73 Å². The van der Waals surface area contributed by atoms with E-state index in [0.717, 1.165) is 28.5 Å². The van der Waals surface area contributed by atoms with Crippen LogP contribution in [0.1, 0.15) is 18.9 Å². The molecule has 1 rings (SSSR count). The molecule has 0 aliphatic carbocycles. The zero-order valence-corrected chi connectivity index (χ0v) is 9.07. The van der Waals surface area contributed by atoms with Gasteiger partial charge in [0, 0.05) is 16.1 Å². The molecule has 0 saturated carbocycles. The van der Waals surface area contributed by atoms with Crippen LogP contribution in [0.15, 0.2) is 18.2 Å². The first-order valence-electron chi connectivity index (χ1n) is 4.29. The third-order valence-electron chi connectivity index (χ3n) is 1.91. The molecule has 0 saturated heterocycles. The summed E-state index contributed by atoms with van der Waals surface area (Å²) in [5.41, 5.74) is 6.66. The molecule has 0 spiro atoms. The molecule has 1 unspecified atom stereocenters. The molecular formula is C10H13Cl2N. The molecule has 0 aromatic heterocycles. The molecule has 3 heteroatoms. The van der Waals surface area contributed by atoms with Crippen LogP contribution in [0.2, 0.25) is 10.0 Å². The fraction of sp³-hybridized carbons (Fsp3) is 0.400. The van der Waals surface area contributed by atoms with E-state index >= 15 is 0 Å². The average molecular weight is 218 g/mol. The number of benzene rings is 1. The summed E-state index contributed by atoms with van der Waals surface area (Å²) >= 11 is 12.0. The fourth-order valence-electron chi connectivity index (χ4n) is 1.14. The van der Waals surface area contributed by atoms with Gasteiger partial charge in [-0.2, -0.15) is 0 Å². The van der Waals surface area contributed by atoms with E-state index in [1.54, 1.807) is 0 Å². The van der Waals surface area contributed by atoms with Crippen LogP contribution in [0, 0.1) is 0 Å². The monoisotopic (exact) mass is 217 g/mol. The zero-order valence-electron chi connectivity index (χ0n) is 7.56. The minimum absolute atomic E-state index is 0.187. The Labute approximate surface area is 88.8 Å². The standard InChI is InChI=1S/C10H13Cl2N/c1-7(13)5-6-8-9(11)3-2-4-10(8)12/h2-4,7H,5-6,13H2,1H3. The Morgan fingerprint density at radius 2 is 1.85 bits per heavy atom. The highest BCUT2D eigenvalue weighted by Gasteiger charge is 2.05. The van der Waals surface area contributed by atoms with E-state index < -0.39 is 0 Å². The summed E-state index contributed by atoms with van der Waals surface area (Å²) in [6.45, 7) is 1.98. The lowest BCUT2D eigenvalue weighted by atomic mass is 10.1. The second kappa shape index (κ2) is 4.85. The van der Waals surface area contributed by atoms with Crippen LogP contribution in [0.3, 0.4) is 0 Å². The van der Waals surface area contributed by atoms with Crippen molar-refractivity contribution >= 4 is 23.2 Å². The molecule has 1 nitrogen and oxygen atoms in total. The van der Waals surface area contributed by atoms with Crippen molar-refractivity contribution in [3.8, 4) is 0 Å². The lowest BCUT2D eigenvalue weighted by Crippen LogP contribution is -2.15. The van der Waals surface area contributed by atoms with Gasteiger partial charge in [-0.3, -0.25) is 0 Å². The predicted molar refractivity (Wildman–Crippen MR) is 58.4 cm³/mol. The van der Waals surface area contributed by atoms with Crippen LogP contribution in [0.4, 0.5) is 0 Å². The second-order valence-corrected chi connectivity index (χ2v) is 4.03. The summed E-state index contributed by atoms with van der Waals surface area (Å²) in [5.74, 6) is 0. The van der Waals surface area contributed by atoms with Gasteiger partial charge in [0.15, 0.2) is 0 Å². The van der Waals surface area contributed by atoms with Gasteiger partial charge in [0.25, 0.3) is 0 Å². The smallest absolute Gasteiger partial charge is 0.0452 e. The summed E-state index contributed by atoms with van der Waals surface area (Å²) in [6.07, 6.45) is 1.75. The van der Waals surface area contributed by atoms with Crippen LogP contribution in [0.25, 0.3) is 0 Å². The van der Waals surface area contributed by atoms with Gasteiger partial charge in [-0.05, 0) is 37.5 Å². The van der Waals surface area contributed by atoms with E-state index in [2.05, 4.69) is 0 Å². The third kappa shape index (κ3) is 3.18. The minimum Gasteiger partial charge on any atom is -0.328 e. The van der Waals surface area contributed by atoms with Crippen LogP contribution in [-0.2, 0) is 6.42 Å². The third-order valence-corrected chi connectivity index (χ3v) is 2.62. The normalized spacial score (nSPS) is 12.9. The lowest BCUT2D eigenvalue weighted by molar-refractivity contribution is 0.666. The Hall–Kier alpha value is -0.240. The van der Waals surface area contributed by atoms with Crippen molar-refractivity contribution < 1.29 is 0 Å². The molecule has 72 valence electrons. The van der Waals surface area contributed by atoms with Crippen molar-refractivity contribution in [1.82, 2.24) is 0 Å². The molecular weight excluding hydrogens is 205 g/mol. The van der Waals surface area contributed by atoms with E-state index in [1.165, 1.54) is 0 Å². The summed E-state index contributed by atoms with van der Waals surface area (Å²) in [7, 11) is 0. The maximum Gasteiger partial charge on any atom is 0.0452 e. The van der Waals surface area contributed by atoms with Gasteiger partial charge < -0.3 is 5.73 Å². The lowest BCUT2D eigenvalue weighted by Gasteiger charge is -2.08. The Kier molecular flexibility index (Phi) is 4.04. The molecule has 0 aliphatic heterocycles. The minimum atomic E-state index is 0.187. The first kappa shape index (κ1) is 10.8. The molecule has 13 heavy (non-hydrogen) atoms. The number of hydrogen-bond acceptors (Lipinski definition) is 1. The topological polar surface area (TPSA) is 26.0 Å². The maximum absolute atomic E-state index is 5.99. The summed E-state index contributed by atoms with van der Waals surface area (Å²) in [6, 6.07) is 5.74. The highest BCUT2D eigenvalue weighted by atomic mass is 35.5. The van der Waals surface area contributed by atoms with E-state index in [1.807, 2.05) is 25.1 Å². The Morgan fingerprint density at radius 1 is 1.31 bits per heavy atom. The summed E-state index contributed by atoms with van der Waals surface area (Å²) in [5, 5.41) is 1.46. The number of halogens is 2. The molecule has 0 amide bonds. The summed E-state index contributed by atoms with van der Waals surface area (Å²) in [4.78, 5) is 0. The molecule has 0 heterocycles. The largest absolute Gasteiger partial charge is 0.328 e. The molecule has 1 aromatic rings. The molecule has 0 bridgehead atoms. The van der Waals surface area contributed by atoms with Crippen molar-refractivity contribution in [2.24, 2.45) is 5.73 Å². The zero-order chi connectivity index (χ0) is 9.84. The SMILES string of the molecule is CC(N)CCc1c(Cl)cccc1Cl. The van der Waals surface area contributed by atoms with Gasteiger partial charge >= 0.3 is 0 Å². The number of hydrogen-bond donors (Lipinski definition) is 1. The van der Waals surface area contributed by atoms with E-state index in [-0.39, 0.29) is 6.04 Å². The molecule has 1 atom stereocenters. The van der Waals surface area contributed by atoms with Crippen LogP contribution >= 0.6 is 23.2 Å². The van der Waals surface area contributed by atoms with E-state index in [4.69, 9.17) is 28.9 Å². The maximum atomic E-state index is 5.99. The van der Waals surface area contributed by atoms with Gasteiger partial charge in [0.05, 0.1) is 0 Å². The highest BCUT2D eigenvalue weighted by molar-refractivity contribution is 6.35. The Balaban J connectivity index is 2.75. The van der Waals surface area contributed by atoms with Gasteiger partial charge in [-0.25, -0.2) is 0 Å². The first-order chi connectivity index (χ1) is 6.11. The first-order valence-corrected chi connectivity index (χ1v) is 5.05. The van der Waals surface area contributed by atoms with Gasteiger partial charge in [0.1, 0.15) is 0 Å². The quantitative estimate of drug-likeness (QED) is 0.827. The number of nitrogens with two attached hydrogens (primary N) is 1. The predicted octanol–water partition coefficient (Wildman–Crippen LogP) is 3.27. The van der Waals surface area contributed by atoms with Gasteiger partial charge in [-0.1, -0.05) is 29.3 Å². The van der Waals surface area contributed by atoms with Crippen LogP contribution in [0.5, 0.6) is 0 Å². The van der Waals surface area contributed by atoms with Crippen LogP contribution in [-0.4, -0.2) is 6.04 Å². The molecule has 0 aliphatic rings. The summed E-state index contributed by atoms with van der Waals surface area (Å²) < 4.78 is 0. The molecule has 2 N–H and O–H groups in total. The second-order valence-electron chi connectivity index (χ2n) is 3.22. The Morgan fingerprint density at radius 3 is 2.31 bits per heavy atom. The fourth-order valence-corrected chi connectivity index (χ4v) is 1.73. The van der Waals surface area contributed by atoms with Crippen molar-refractivity contribution in [1.29, 1.82) is 0 Å². The van der Waals surface area contributed by atoms with Crippen molar-refractivity contribution in [2.75, 3.05) is 0 Å².